The molecule has 0 aromatic heterocycles. The van der Waals surface area contributed by atoms with E-state index in [1.165, 1.54) is 135 Å². The molecule has 0 spiro atoms. The molecule has 45 heavy (non-hydrogen) atoms. The molecular weight excluding hydrogens is 554 g/mol. The van der Waals surface area contributed by atoms with Gasteiger partial charge in [-0.15, -0.1) is 0 Å². The summed E-state index contributed by atoms with van der Waals surface area (Å²) in [6, 6.07) is -0.641. The highest BCUT2D eigenvalue weighted by Gasteiger charge is 2.17. The van der Waals surface area contributed by atoms with Crippen LogP contribution in [0.2, 0.25) is 0 Å². The van der Waals surface area contributed by atoms with Gasteiger partial charge < -0.3 is 15.5 Å². The Morgan fingerprint density at radius 2 is 0.867 bits per heavy atom. The predicted octanol–water partition coefficient (Wildman–Crippen LogP) is 11.8. The van der Waals surface area contributed by atoms with Crippen LogP contribution in [0.4, 0.5) is 0 Å². The maximum absolute atomic E-state index is 12.3. The molecule has 0 saturated carbocycles. The largest absolute Gasteiger partial charge is 0.394 e. The zero-order valence-electron chi connectivity index (χ0n) is 30.1. The van der Waals surface area contributed by atoms with Gasteiger partial charge in [0.25, 0.3) is 0 Å². The van der Waals surface area contributed by atoms with E-state index < -0.39 is 12.1 Å². The van der Waals surface area contributed by atoms with Gasteiger partial charge in [-0.25, -0.2) is 0 Å². The number of unbranched alkanes of at least 4 members (excludes halogenated alkanes) is 24. The van der Waals surface area contributed by atoms with Crippen molar-refractivity contribution in [3.05, 3.63) is 36.5 Å². The van der Waals surface area contributed by atoms with Crippen molar-refractivity contribution in [1.82, 2.24) is 5.32 Å². The number of hydrogen-bond acceptors (Lipinski definition) is 3. The molecule has 0 saturated heterocycles. The molecule has 2 unspecified atom stereocenters. The Bertz CT molecular complexity index is 686. The van der Waals surface area contributed by atoms with E-state index in [0.717, 1.165) is 44.9 Å². The van der Waals surface area contributed by atoms with E-state index in [4.69, 9.17) is 0 Å². The molecule has 4 heteroatoms. The summed E-state index contributed by atoms with van der Waals surface area (Å²) < 4.78 is 0. The first-order valence-corrected chi connectivity index (χ1v) is 19.7. The molecule has 4 nitrogen and oxygen atoms in total. The Labute approximate surface area is 281 Å². The molecule has 0 fully saturated rings. The summed E-state index contributed by atoms with van der Waals surface area (Å²) in [5.74, 6) is -0.0832. The fourth-order valence-electron chi connectivity index (χ4n) is 5.78. The monoisotopic (exact) mass is 632 g/mol. The van der Waals surface area contributed by atoms with Crippen LogP contribution in [0.25, 0.3) is 0 Å². The Morgan fingerprint density at radius 1 is 0.511 bits per heavy atom. The molecule has 0 rings (SSSR count). The lowest BCUT2D eigenvalue weighted by Gasteiger charge is -2.19. The van der Waals surface area contributed by atoms with Gasteiger partial charge in [0, 0.05) is 6.42 Å². The SMILES string of the molecule is CCCCCCCCC/C=C\CCCCCCCC(=O)NC(CO)C(O)/C=C/CC/C=C/CCCCCCCCCCCCC. The van der Waals surface area contributed by atoms with Gasteiger partial charge in [0.1, 0.15) is 0 Å². The Hall–Kier alpha value is -1.39. The van der Waals surface area contributed by atoms with Crippen LogP contribution < -0.4 is 5.32 Å². The normalized spacial score (nSPS) is 13.4. The summed E-state index contributed by atoms with van der Waals surface area (Å²) in [6.07, 6.45) is 48.1. The molecule has 0 aliphatic rings. The lowest BCUT2D eigenvalue weighted by atomic mass is 10.1. The van der Waals surface area contributed by atoms with Gasteiger partial charge in [0.05, 0.1) is 18.8 Å². The van der Waals surface area contributed by atoms with Crippen molar-refractivity contribution in [3.63, 3.8) is 0 Å². The average molecular weight is 632 g/mol. The molecule has 0 radical (unpaired) electrons. The summed E-state index contributed by atoms with van der Waals surface area (Å²) in [5, 5.41) is 22.9. The topological polar surface area (TPSA) is 69.6 Å². The van der Waals surface area contributed by atoms with E-state index in [0.29, 0.717) is 6.42 Å². The molecule has 1 amide bonds. The first kappa shape index (κ1) is 43.6. The molecular formula is C41H77NO3. The second kappa shape index (κ2) is 37.1. The van der Waals surface area contributed by atoms with Crippen LogP contribution in [0.1, 0.15) is 200 Å². The van der Waals surface area contributed by atoms with Crippen molar-refractivity contribution >= 4 is 5.91 Å². The third-order valence-corrected chi connectivity index (χ3v) is 8.85. The predicted molar refractivity (Wildman–Crippen MR) is 198 cm³/mol. The van der Waals surface area contributed by atoms with E-state index in [9.17, 15) is 15.0 Å². The summed E-state index contributed by atoms with van der Waals surface area (Å²) in [7, 11) is 0. The molecule has 0 aromatic rings. The van der Waals surface area contributed by atoms with E-state index in [1.54, 1.807) is 6.08 Å². The van der Waals surface area contributed by atoms with Crippen LogP contribution in [0.5, 0.6) is 0 Å². The Kier molecular flexibility index (Phi) is 35.9. The van der Waals surface area contributed by atoms with Crippen LogP contribution in [0.3, 0.4) is 0 Å². The number of aliphatic hydroxyl groups is 2. The number of hydrogen-bond donors (Lipinski definition) is 3. The maximum Gasteiger partial charge on any atom is 0.220 e. The highest BCUT2D eigenvalue weighted by Crippen LogP contribution is 2.13. The van der Waals surface area contributed by atoms with Crippen LogP contribution in [-0.2, 0) is 4.79 Å². The second-order valence-corrected chi connectivity index (χ2v) is 13.3. The number of aliphatic hydroxyl groups excluding tert-OH is 2. The summed E-state index contributed by atoms with van der Waals surface area (Å²) in [5.41, 5.74) is 0. The van der Waals surface area contributed by atoms with Gasteiger partial charge in [0.2, 0.25) is 5.91 Å². The third-order valence-electron chi connectivity index (χ3n) is 8.85. The molecule has 2 atom stereocenters. The number of allylic oxidation sites excluding steroid dienone is 5. The van der Waals surface area contributed by atoms with Crippen molar-refractivity contribution in [3.8, 4) is 0 Å². The van der Waals surface area contributed by atoms with E-state index >= 15 is 0 Å². The number of carbonyl (C=O) groups excluding carboxylic acids is 1. The first-order chi connectivity index (χ1) is 22.2. The minimum atomic E-state index is -0.863. The van der Waals surface area contributed by atoms with E-state index in [-0.39, 0.29) is 12.5 Å². The fourth-order valence-corrected chi connectivity index (χ4v) is 5.78. The minimum Gasteiger partial charge on any atom is -0.394 e. The standard InChI is InChI=1S/C41H77NO3/c1-3-5-7-9-11-13-15-17-19-21-22-24-26-28-30-32-34-36-40(44)39(38-43)42-41(45)37-35-33-31-29-27-25-23-20-18-16-14-12-10-8-6-4-2/h20,23,26,28,34,36,39-40,43-44H,3-19,21-22,24-25,27,29-33,35,37-38H2,1-2H3,(H,42,45)/b23-20-,28-26+,36-34+. The van der Waals surface area contributed by atoms with Gasteiger partial charge in [-0.2, -0.15) is 0 Å². The molecule has 0 bridgehead atoms. The van der Waals surface area contributed by atoms with Crippen molar-refractivity contribution in [2.24, 2.45) is 0 Å². The minimum absolute atomic E-state index is 0.0832. The molecule has 3 N–H and O–H groups in total. The van der Waals surface area contributed by atoms with Gasteiger partial charge >= 0.3 is 0 Å². The number of carbonyl (C=O) groups is 1. The Morgan fingerprint density at radius 3 is 1.29 bits per heavy atom. The van der Waals surface area contributed by atoms with E-state index in [2.05, 4.69) is 43.5 Å². The second-order valence-electron chi connectivity index (χ2n) is 13.3. The maximum atomic E-state index is 12.3. The van der Waals surface area contributed by atoms with Crippen molar-refractivity contribution < 1.29 is 15.0 Å². The van der Waals surface area contributed by atoms with Crippen LogP contribution in [0.15, 0.2) is 36.5 Å². The van der Waals surface area contributed by atoms with Gasteiger partial charge in [-0.05, 0) is 57.8 Å². The molecule has 0 heterocycles. The first-order valence-electron chi connectivity index (χ1n) is 19.7. The molecule has 0 aliphatic carbocycles. The van der Waals surface area contributed by atoms with Crippen molar-refractivity contribution in [2.75, 3.05) is 6.61 Å². The number of amides is 1. The van der Waals surface area contributed by atoms with Gasteiger partial charge in [0.15, 0.2) is 0 Å². The molecule has 0 aromatic carbocycles. The van der Waals surface area contributed by atoms with Crippen LogP contribution >= 0.6 is 0 Å². The van der Waals surface area contributed by atoms with Crippen molar-refractivity contribution in [2.45, 2.75) is 212 Å². The number of nitrogens with one attached hydrogen (secondary N) is 1. The summed E-state index contributed by atoms with van der Waals surface area (Å²) >= 11 is 0. The molecule has 0 aliphatic heterocycles. The smallest absolute Gasteiger partial charge is 0.220 e. The zero-order valence-corrected chi connectivity index (χ0v) is 30.1. The summed E-state index contributed by atoms with van der Waals surface area (Å²) in [4.78, 5) is 12.3. The lowest BCUT2D eigenvalue weighted by molar-refractivity contribution is -0.123. The quantitative estimate of drug-likeness (QED) is 0.0481. The van der Waals surface area contributed by atoms with E-state index in [1.807, 2.05) is 6.08 Å². The fraction of sp³-hybridized carbons (Fsp3) is 0.829. The Balaban J connectivity index is 3.67. The number of rotatable bonds is 35. The highest BCUT2D eigenvalue weighted by molar-refractivity contribution is 5.76. The molecule has 264 valence electrons. The zero-order chi connectivity index (χ0) is 32.9. The summed E-state index contributed by atoms with van der Waals surface area (Å²) in [6.45, 7) is 4.28. The van der Waals surface area contributed by atoms with Gasteiger partial charge in [-0.3, -0.25) is 4.79 Å². The van der Waals surface area contributed by atoms with Crippen LogP contribution in [-0.4, -0.2) is 34.9 Å². The van der Waals surface area contributed by atoms with Crippen molar-refractivity contribution in [1.29, 1.82) is 0 Å². The van der Waals surface area contributed by atoms with Gasteiger partial charge in [-0.1, -0.05) is 172 Å². The van der Waals surface area contributed by atoms with Crippen LogP contribution in [0, 0.1) is 0 Å². The third kappa shape index (κ3) is 33.8. The lowest BCUT2D eigenvalue weighted by Crippen LogP contribution is -2.45. The average Bonchev–Trinajstić information content (AvgIpc) is 3.04. The highest BCUT2D eigenvalue weighted by atomic mass is 16.3.